The molecule has 1 atom stereocenters. The molecule has 0 unspecified atom stereocenters. The second kappa shape index (κ2) is 4.64. The quantitative estimate of drug-likeness (QED) is 0.776. The molecule has 1 aromatic carbocycles. The van der Waals surface area contributed by atoms with Crippen molar-refractivity contribution in [3.05, 3.63) is 29.3 Å². The third kappa shape index (κ3) is 2.70. The van der Waals surface area contributed by atoms with Crippen LogP contribution in [0.5, 0.6) is 5.75 Å². The molecule has 0 amide bonds. The lowest BCUT2D eigenvalue weighted by Gasteiger charge is -2.07. The van der Waals surface area contributed by atoms with Gasteiger partial charge < -0.3 is 15.2 Å². The monoisotopic (exact) mass is 207 g/mol. The first-order valence-electron chi connectivity index (χ1n) is 5.39. The van der Waals surface area contributed by atoms with Crippen molar-refractivity contribution < 1.29 is 9.84 Å². The number of aliphatic hydroxyl groups is 1. The van der Waals surface area contributed by atoms with Gasteiger partial charge in [-0.25, -0.2) is 0 Å². The maximum Gasteiger partial charge on any atom is 0.122 e. The minimum atomic E-state index is -0.289. The molecule has 0 spiro atoms. The van der Waals surface area contributed by atoms with Crippen LogP contribution in [0.15, 0.2) is 18.2 Å². The Kier molecular flexibility index (Phi) is 3.23. The number of benzene rings is 1. The second-order valence-corrected chi connectivity index (χ2v) is 4.02. The van der Waals surface area contributed by atoms with Crippen molar-refractivity contribution in [2.75, 3.05) is 13.2 Å². The van der Waals surface area contributed by atoms with E-state index in [0.29, 0.717) is 6.54 Å². The van der Waals surface area contributed by atoms with E-state index in [4.69, 9.17) is 9.84 Å². The van der Waals surface area contributed by atoms with Crippen LogP contribution in [0.2, 0.25) is 0 Å². The van der Waals surface area contributed by atoms with E-state index >= 15 is 0 Å². The van der Waals surface area contributed by atoms with Gasteiger partial charge in [-0.3, -0.25) is 0 Å². The van der Waals surface area contributed by atoms with Gasteiger partial charge in [-0.05, 0) is 24.1 Å². The van der Waals surface area contributed by atoms with Gasteiger partial charge in [0.25, 0.3) is 0 Å². The van der Waals surface area contributed by atoms with Crippen LogP contribution < -0.4 is 10.1 Å². The molecule has 82 valence electrons. The molecule has 1 aliphatic heterocycles. The van der Waals surface area contributed by atoms with Gasteiger partial charge >= 0.3 is 0 Å². The molecule has 2 rings (SSSR count). The molecule has 0 bridgehead atoms. The van der Waals surface area contributed by atoms with Gasteiger partial charge in [0.05, 0.1) is 12.7 Å². The molecule has 1 aliphatic rings. The van der Waals surface area contributed by atoms with Crippen molar-refractivity contribution in [1.29, 1.82) is 0 Å². The number of fused-ring (bicyclic) bond motifs is 1. The SMILES string of the molecule is C[C@H](O)CNCc1ccc2c(c1)CCO2. The van der Waals surface area contributed by atoms with Crippen molar-refractivity contribution in [3.63, 3.8) is 0 Å². The highest BCUT2D eigenvalue weighted by atomic mass is 16.5. The molecule has 2 N–H and O–H groups in total. The van der Waals surface area contributed by atoms with Gasteiger partial charge in [0.1, 0.15) is 5.75 Å². The Morgan fingerprint density at radius 3 is 3.20 bits per heavy atom. The fourth-order valence-corrected chi connectivity index (χ4v) is 1.78. The molecular formula is C12H17NO2. The lowest BCUT2D eigenvalue weighted by molar-refractivity contribution is 0.191. The zero-order chi connectivity index (χ0) is 10.7. The number of hydrogen-bond donors (Lipinski definition) is 2. The molecule has 0 saturated heterocycles. The molecule has 0 aliphatic carbocycles. The molecular weight excluding hydrogens is 190 g/mol. The summed E-state index contributed by atoms with van der Waals surface area (Å²) in [7, 11) is 0. The molecule has 1 heterocycles. The highest BCUT2D eigenvalue weighted by molar-refractivity contribution is 5.39. The normalized spacial score (nSPS) is 15.9. The molecule has 0 aromatic heterocycles. The molecule has 3 nitrogen and oxygen atoms in total. The summed E-state index contributed by atoms with van der Waals surface area (Å²) in [5.74, 6) is 1.02. The van der Waals surface area contributed by atoms with Crippen LogP contribution in [-0.2, 0) is 13.0 Å². The Bertz CT molecular complexity index is 336. The first-order chi connectivity index (χ1) is 7.25. The lowest BCUT2D eigenvalue weighted by atomic mass is 10.1. The summed E-state index contributed by atoms with van der Waals surface area (Å²) >= 11 is 0. The van der Waals surface area contributed by atoms with Gasteiger partial charge in [0.2, 0.25) is 0 Å². The maximum absolute atomic E-state index is 9.10. The summed E-state index contributed by atoms with van der Waals surface area (Å²) in [6, 6.07) is 6.28. The van der Waals surface area contributed by atoms with Crippen LogP contribution in [0.4, 0.5) is 0 Å². The van der Waals surface area contributed by atoms with Crippen LogP contribution in [0.1, 0.15) is 18.1 Å². The van der Waals surface area contributed by atoms with Crippen LogP contribution in [-0.4, -0.2) is 24.4 Å². The molecule has 0 radical (unpaired) electrons. The Morgan fingerprint density at radius 1 is 1.53 bits per heavy atom. The van der Waals surface area contributed by atoms with E-state index in [-0.39, 0.29) is 6.10 Å². The Hall–Kier alpha value is -1.06. The van der Waals surface area contributed by atoms with E-state index in [1.807, 2.05) is 6.07 Å². The van der Waals surface area contributed by atoms with E-state index < -0.39 is 0 Å². The van der Waals surface area contributed by atoms with Crippen LogP contribution in [0, 0.1) is 0 Å². The summed E-state index contributed by atoms with van der Waals surface area (Å²) in [5, 5.41) is 12.3. The van der Waals surface area contributed by atoms with Crippen LogP contribution >= 0.6 is 0 Å². The average Bonchev–Trinajstić information content (AvgIpc) is 2.64. The van der Waals surface area contributed by atoms with Gasteiger partial charge in [-0.15, -0.1) is 0 Å². The molecule has 0 fully saturated rings. The summed E-state index contributed by atoms with van der Waals surface area (Å²) in [4.78, 5) is 0. The number of ether oxygens (including phenoxy) is 1. The number of hydrogen-bond acceptors (Lipinski definition) is 3. The number of rotatable bonds is 4. The largest absolute Gasteiger partial charge is 0.493 e. The zero-order valence-electron chi connectivity index (χ0n) is 8.99. The summed E-state index contributed by atoms with van der Waals surface area (Å²) in [5.41, 5.74) is 2.55. The summed E-state index contributed by atoms with van der Waals surface area (Å²) < 4.78 is 5.44. The topological polar surface area (TPSA) is 41.5 Å². The minimum absolute atomic E-state index is 0.289. The maximum atomic E-state index is 9.10. The predicted octanol–water partition coefficient (Wildman–Crippen LogP) is 1.09. The Balaban J connectivity index is 1.92. The molecule has 0 saturated carbocycles. The summed E-state index contributed by atoms with van der Waals surface area (Å²) in [6.07, 6.45) is 0.724. The first-order valence-corrected chi connectivity index (χ1v) is 5.39. The van der Waals surface area contributed by atoms with Gasteiger partial charge in [-0.1, -0.05) is 12.1 Å². The van der Waals surface area contributed by atoms with Crippen molar-refractivity contribution in [2.45, 2.75) is 26.0 Å². The smallest absolute Gasteiger partial charge is 0.122 e. The Labute approximate surface area is 90.1 Å². The van der Waals surface area contributed by atoms with Crippen molar-refractivity contribution in [3.8, 4) is 5.75 Å². The standard InChI is InChI=1S/C12H17NO2/c1-9(14)7-13-8-10-2-3-12-11(6-10)4-5-15-12/h2-3,6,9,13-14H,4-5,7-8H2,1H3/t9-/m0/s1. The molecule has 15 heavy (non-hydrogen) atoms. The van der Waals surface area contributed by atoms with Crippen LogP contribution in [0.3, 0.4) is 0 Å². The van der Waals surface area contributed by atoms with Crippen LogP contribution in [0.25, 0.3) is 0 Å². The van der Waals surface area contributed by atoms with E-state index in [1.54, 1.807) is 6.92 Å². The third-order valence-corrected chi connectivity index (χ3v) is 2.52. The van der Waals surface area contributed by atoms with E-state index in [9.17, 15) is 0 Å². The highest BCUT2D eigenvalue weighted by Gasteiger charge is 2.11. The molecule has 1 aromatic rings. The van der Waals surface area contributed by atoms with Gasteiger partial charge in [0, 0.05) is 19.5 Å². The fraction of sp³-hybridized carbons (Fsp3) is 0.500. The molecule has 3 heteroatoms. The second-order valence-electron chi connectivity index (χ2n) is 4.02. The lowest BCUT2D eigenvalue weighted by Crippen LogP contribution is -2.23. The van der Waals surface area contributed by atoms with E-state index in [2.05, 4.69) is 17.4 Å². The predicted molar refractivity (Wildman–Crippen MR) is 59.0 cm³/mol. The third-order valence-electron chi connectivity index (χ3n) is 2.52. The summed E-state index contributed by atoms with van der Waals surface area (Å²) in [6.45, 7) is 4.02. The first kappa shape index (κ1) is 10.5. The number of nitrogens with one attached hydrogen (secondary N) is 1. The van der Waals surface area contributed by atoms with Gasteiger partial charge in [0.15, 0.2) is 0 Å². The minimum Gasteiger partial charge on any atom is -0.493 e. The van der Waals surface area contributed by atoms with E-state index in [1.165, 1.54) is 11.1 Å². The van der Waals surface area contributed by atoms with Gasteiger partial charge in [-0.2, -0.15) is 0 Å². The average molecular weight is 207 g/mol. The fourth-order valence-electron chi connectivity index (χ4n) is 1.78. The Morgan fingerprint density at radius 2 is 2.40 bits per heavy atom. The van der Waals surface area contributed by atoms with E-state index in [0.717, 1.165) is 25.3 Å². The number of aliphatic hydroxyl groups excluding tert-OH is 1. The van der Waals surface area contributed by atoms with Crippen molar-refractivity contribution >= 4 is 0 Å². The zero-order valence-corrected chi connectivity index (χ0v) is 8.99. The van der Waals surface area contributed by atoms with Crippen molar-refractivity contribution in [2.24, 2.45) is 0 Å². The van der Waals surface area contributed by atoms with Crippen molar-refractivity contribution in [1.82, 2.24) is 5.32 Å². The highest BCUT2D eigenvalue weighted by Crippen LogP contribution is 2.25.